The van der Waals surface area contributed by atoms with Crippen molar-refractivity contribution >= 4 is 12.1 Å². The Morgan fingerprint density at radius 1 is 1.42 bits per heavy atom. The smallest absolute Gasteiger partial charge is 0.407 e. The Hall–Kier alpha value is -2.24. The van der Waals surface area contributed by atoms with Gasteiger partial charge in [0.25, 0.3) is 0 Å². The standard InChI is InChI=1S/C18H25NO5/c1-2-3-9-24-18(22)19-15(12-17(20)21)13-8-10-23-16-7-5-4-6-14(16)11-13/h4-7,13,15H,2-3,8-12H2,1H3,(H,19,22)(H,20,21)/t13-,15?/m0/s1. The highest BCUT2D eigenvalue weighted by Crippen LogP contribution is 2.29. The van der Waals surface area contributed by atoms with Crippen molar-refractivity contribution < 1.29 is 24.2 Å². The van der Waals surface area contributed by atoms with Gasteiger partial charge in [-0.3, -0.25) is 4.79 Å². The molecule has 2 atom stereocenters. The van der Waals surface area contributed by atoms with Crippen LogP contribution in [0.5, 0.6) is 5.75 Å². The molecule has 132 valence electrons. The topological polar surface area (TPSA) is 84.9 Å². The van der Waals surface area contributed by atoms with Crippen LogP contribution in [0.2, 0.25) is 0 Å². The van der Waals surface area contributed by atoms with Crippen LogP contribution in [0.15, 0.2) is 24.3 Å². The predicted molar refractivity (Wildman–Crippen MR) is 89.2 cm³/mol. The summed E-state index contributed by atoms with van der Waals surface area (Å²) < 4.78 is 10.8. The number of unbranched alkanes of at least 4 members (excludes halogenated alkanes) is 1. The van der Waals surface area contributed by atoms with E-state index in [2.05, 4.69) is 5.32 Å². The maximum Gasteiger partial charge on any atom is 0.407 e. The predicted octanol–water partition coefficient (Wildman–Crippen LogP) is 3.00. The number of ether oxygens (including phenoxy) is 2. The summed E-state index contributed by atoms with van der Waals surface area (Å²) in [6.07, 6.45) is 2.40. The lowest BCUT2D eigenvalue weighted by Gasteiger charge is -2.25. The van der Waals surface area contributed by atoms with Crippen LogP contribution in [0.4, 0.5) is 4.79 Å². The Balaban J connectivity index is 2.04. The summed E-state index contributed by atoms with van der Waals surface area (Å²) >= 11 is 0. The van der Waals surface area contributed by atoms with Gasteiger partial charge in [-0.2, -0.15) is 0 Å². The number of alkyl carbamates (subject to hydrolysis) is 1. The zero-order chi connectivity index (χ0) is 17.4. The van der Waals surface area contributed by atoms with Crippen LogP contribution >= 0.6 is 0 Å². The quantitative estimate of drug-likeness (QED) is 0.748. The molecular formula is C18H25NO5. The third kappa shape index (κ3) is 5.44. The van der Waals surface area contributed by atoms with Crippen LogP contribution in [0.3, 0.4) is 0 Å². The number of aliphatic carboxylic acids is 1. The minimum Gasteiger partial charge on any atom is -0.493 e. The molecule has 0 spiro atoms. The fourth-order valence-corrected chi connectivity index (χ4v) is 2.89. The van der Waals surface area contributed by atoms with Crippen LogP contribution < -0.4 is 10.1 Å². The molecule has 0 saturated heterocycles. The van der Waals surface area contributed by atoms with Gasteiger partial charge in [-0.05, 0) is 36.8 Å². The summed E-state index contributed by atoms with van der Waals surface area (Å²) in [6.45, 7) is 2.86. The second kappa shape index (κ2) is 9.15. The number of nitrogens with one attached hydrogen (secondary N) is 1. The van der Waals surface area contributed by atoms with Crippen LogP contribution in [0.25, 0.3) is 0 Å². The Labute approximate surface area is 142 Å². The number of rotatable bonds is 7. The molecule has 6 heteroatoms. The molecule has 2 N–H and O–H groups in total. The molecule has 0 fully saturated rings. The molecule has 1 heterocycles. The van der Waals surface area contributed by atoms with E-state index in [4.69, 9.17) is 9.47 Å². The molecule has 1 aliphatic rings. The maximum atomic E-state index is 11.9. The number of hydrogen-bond donors (Lipinski definition) is 2. The molecule has 1 aromatic carbocycles. The van der Waals surface area contributed by atoms with E-state index in [0.717, 1.165) is 24.2 Å². The number of carboxylic acids is 1. The first-order valence-corrected chi connectivity index (χ1v) is 8.46. The van der Waals surface area contributed by atoms with E-state index in [-0.39, 0.29) is 12.3 Å². The SMILES string of the molecule is CCCCOC(=O)NC(CC(=O)O)[C@H]1CCOc2ccccc2C1. The fraction of sp³-hybridized carbons (Fsp3) is 0.556. The molecule has 0 radical (unpaired) electrons. The van der Waals surface area contributed by atoms with Gasteiger partial charge >= 0.3 is 12.1 Å². The van der Waals surface area contributed by atoms with Gasteiger partial charge < -0.3 is 19.9 Å². The van der Waals surface area contributed by atoms with Crippen molar-refractivity contribution in [1.82, 2.24) is 5.32 Å². The minimum atomic E-state index is -0.938. The molecule has 1 aliphatic heterocycles. The van der Waals surface area contributed by atoms with E-state index in [9.17, 15) is 14.7 Å². The first kappa shape index (κ1) is 18.1. The average molecular weight is 335 g/mol. The van der Waals surface area contributed by atoms with E-state index in [1.54, 1.807) is 0 Å². The molecule has 0 saturated carbocycles. The number of carbonyl (C=O) groups is 2. The van der Waals surface area contributed by atoms with Crippen molar-refractivity contribution in [2.75, 3.05) is 13.2 Å². The van der Waals surface area contributed by atoms with Gasteiger partial charge in [-0.1, -0.05) is 31.5 Å². The van der Waals surface area contributed by atoms with Gasteiger partial charge in [0.15, 0.2) is 0 Å². The number of fused-ring (bicyclic) bond motifs is 1. The van der Waals surface area contributed by atoms with Crippen molar-refractivity contribution in [1.29, 1.82) is 0 Å². The van der Waals surface area contributed by atoms with Crippen LogP contribution in [0.1, 0.15) is 38.2 Å². The zero-order valence-corrected chi connectivity index (χ0v) is 14.0. The van der Waals surface area contributed by atoms with Gasteiger partial charge in [0.1, 0.15) is 5.75 Å². The van der Waals surface area contributed by atoms with Crippen LogP contribution in [-0.2, 0) is 16.0 Å². The Kier molecular flexibility index (Phi) is 6.90. The fourth-order valence-electron chi connectivity index (χ4n) is 2.89. The highest BCUT2D eigenvalue weighted by molar-refractivity contribution is 5.71. The Bertz CT molecular complexity index is 560. The minimum absolute atomic E-state index is 0.0107. The molecular weight excluding hydrogens is 310 g/mol. The molecule has 0 aliphatic carbocycles. The highest BCUT2D eigenvalue weighted by atomic mass is 16.5. The molecule has 0 bridgehead atoms. The van der Waals surface area contributed by atoms with Gasteiger partial charge in [0.2, 0.25) is 0 Å². The number of carboxylic acid groups (broad SMARTS) is 1. The van der Waals surface area contributed by atoms with Crippen molar-refractivity contribution in [3.8, 4) is 5.75 Å². The summed E-state index contributed by atoms with van der Waals surface area (Å²) in [5.41, 5.74) is 1.04. The van der Waals surface area contributed by atoms with E-state index in [0.29, 0.717) is 26.1 Å². The molecule has 1 amide bonds. The molecule has 2 rings (SSSR count). The highest BCUT2D eigenvalue weighted by Gasteiger charge is 2.29. The summed E-state index contributed by atoms with van der Waals surface area (Å²) in [4.78, 5) is 23.1. The maximum absolute atomic E-state index is 11.9. The van der Waals surface area contributed by atoms with Crippen LogP contribution in [-0.4, -0.2) is 36.4 Å². The van der Waals surface area contributed by atoms with E-state index >= 15 is 0 Å². The number of benzene rings is 1. The van der Waals surface area contributed by atoms with Gasteiger partial charge in [0, 0.05) is 6.04 Å². The van der Waals surface area contributed by atoms with Gasteiger partial charge in [-0.15, -0.1) is 0 Å². The van der Waals surface area contributed by atoms with Crippen molar-refractivity contribution in [2.45, 2.75) is 45.1 Å². The number of amides is 1. The summed E-state index contributed by atoms with van der Waals surface area (Å²) in [5.74, 6) is -0.115. The van der Waals surface area contributed by atoms with Gasteiger partial charge in [-0.25, -0.2) is 4.79 Å². The van der Waals surface area contributed by atoms with E-state index in [1.165, 1.54) is 0 Å². The van der Waals surface area contributed by atoms with Crippen molar-refractivity contribution in [3.63, 3.8) is 0 Å². The lowest BCUT2D eigenvalue weighted by atomic mass is 9.88. The van der Waals surface area contributed by atoms with Crippen molar-refractivity contribution in [3.05, 3.63) is 29.8 Å². The Morgan fingerprint density at radius 2 is 2.21 bits per heavy atom. The normalized spacial score (nSPS) is 17.8. The number of carbonyl (C=O) groups excluding carboxylic acids is 1. The second-order valence-corrected chi connectivity index (χ2v) is 6.05. The third-order valence-electron chi connectivity index (χ3n) is 4.20. The summed E-state index contributed by atoms with van der Waals surface area (Å²) in [5, 5.41) is 11.9. The molecule has 24 heavy (non-hydrogen) atoms. The largest absolute Gasteiger partial charge is 0.493 e. The first-order chi connectivity index (χ1) is 11.6. The lowest BCUT2D eigenvalue weighted by molar-refractivity contribution is -0.137. The summed E-state index contributed by atoms with van der Waals surface area (Å²) in [7, 11) is 0. The number of hydrogen-bond acceptors (Lipinski definition) is 4. The first-order valence-electron chi connectivity index (χ1n) is 8.46. The number of para-hydroxylation sites is 1. The molecule has 6 nitrogen and oxygen atoms in total. The second-order valence-electron chi connectivity index (χ2n) is 6.05. The van der Waals surface area contributed by atoms with Gasteiger partial charge in [0.05, 0.1) is 19.6 Å². The van der Waals surface area contributed by atoms with E-state index in [1.807, 2.05) is 31.2 Å². The molecule has 1 aromatic rings. The monoisotopic (exact) mass is 335 g/mol. The molecule has 0 aromatic heterocycles. The Morgan fingerprint density at radius 3 is 2.96 bits per heavy atom. The van der Waals surface area contributed by atoms with Crippen LogP contribution in [0, 0.1) is 5.92 Å². The van der Waals surface area contributed by atoms with E-state index < -0.39 is 18.1 Å². The third-order valence-corrected chi connectivity index (χ3v) is 4.20. The average Bonchev–Trinajstić information content (AvgIpc) is 2.76. The molecule has 1 unspecified atom stereocenters. The summed E-state index contributed by atoms with van der Waals surface area (Å²) in [6, 6.07) is 7.26. The zero-order valence-electron chi connectivity index (χ0n) is 14.0. The van der Waals surface area contributed by atoms with Crippen molar-refractivity contribution in [2.24, 2.45) is 5.92 Å². The lowest BCUT2D eigenvalue weighted by Crippen LogP contribution is -2.43.